The van der Waals surface area contributed by atoms with Gasteiger partial charge in [0.15, 0.2) is 29.1 Å². The minimum Gasteiger partial charge on any atom is -0.508 e. The zero-order valence-electron chi connectivity index (χ0n) is 21.2. The Hall–Kier alpha value is -5.00. The fraction of sp³-hybridized carbons (Fsp3) is 0.200. The molecule has 9 N–H and O–H groups in total. The summed E-state index contributed by atoms with van der Waals surface area (Å²) >= 11 is 0. The smallest absolute Gasteiger partial charge is 0.157 e. The lowest BCUT2D eigenvalue weighted by Crippen LogP contribution is -2.36. The fourth-order valence-corrected chi connectivity index (χ4v) is 5.59. The number of benzene rings is 4. The molecule has 4 aromatic rings. The van der Waals surface area contributed by atoms with Gasteiger partial charge in [0.2, 0.25) is 0 Å². The van der Waals surface area contributed by atoms with Gasteiger partial charge in [-0.05, 0) is 41.5 Å². The summed E-state index contributed by atoms with van der Waals surface area (Å²) in [6.45, 7) is 0. The lowest BCUT2D eigenvalue weighted by Gasteiger charge is -2.40. The molecule has 2 heterocycles. The second kappa shape index (κ2) is 9.58. The molecule has 0 radical (unpaired) electrons. The molecular weight excluding hydrogens is 536 g/mol. The van der Waals surface area contributed by atoms with Gasteiger partial charge >= 0.3 is 0 Å². The van der Waals surface area contributed by atoms with Gasteiger partial charge in [0, 0.05) is 41.2 Å². The van der Waals surface area contributed by atoms with E-state index in [-0.39, 0.29) is 68.9 Å². The zero-order valence-corrected chi connectivity index (χ0v) is 21.2. The Morgan fingerprint density at radius 1 is 0.585 bits per heavy atom. The first-order valence-corrected chi connectivity index (χ1v) is 12.7. The van der Waals surface area contributed by atoms with Crippen LogP contribution in [0.4, 0.5) is 0 Å². The van der Waals surface area contributed by atoms with Gasteiger partial charge in [0.1, 0.15) is 41.0 Å². The molecule has 0 saturated heterocycles. The number of ether oxygens (including phenoxy) is 2. The minimum atomic E-state index is -1.44. The van der Waals surface area contributed by atoms with Gasteiger partial charge in [-0.25, -0.2) is 0 Å². The molecule has 0 amide bonds. The molecular formula is C30H26O11. The van der Waals surface area contributed by atoms with Crippen molar-refractivity contribution in [3.8, 4) is 51.7 Å². The second-order valence-electron chi connectivity index (χ2n) is 10.2. The Morgan fingerprint density at radius 3 is 1.80 bits per heavy atom. The number of hydrogen-bond acceptors (Lipinski definition) is 11. The van der Waals surface area contributed by atoms with E-state index in [2.05, 4.69) is 0 Å². The normalized spacial score (nSPS) is 23.1. The largest absolute Gasteiger partial charge is 0.508 e. The number of fused-ring (bicyclic) bond motifs is 2. The average molecular weight is 563 g/mol. The molecule has 6 rings (SSSR count). The third-order valence-electron chi connectivity index (χ3n) is 7.60. The number of aromatic hydroxyl groups is 7. The van der Waals surface area contributed by atoms with E-state index in [0.29, 0.717) is 5.56 Å². The van der Waals surface area contributed by atoms with E-state index in [1.165, 1.54) is 54.6 Å². The van der Waals surface area contributed by atoms with Crippen molar-refractivity contribution in [1.29, 1.82) is 0 Å². The summed E-state index contributed by atoms with van der Waals surface area (Å²) < 4.78 is 12.2. The topological polar surface area (TPSA) is 201 Å². The maximum absolute atomic E-state index is 11.6. The SMILES string of the molecule is Oc1ccc(C2c3c(cc4c(c3O)CC(O)C(c3ccc(O)c(O)c3)O4)OC(c3ccc(O)c(O)c3)C2O)c(O)c1. The van der Waals surface area contributed by atoms with Crippen molar-refractivity contribution in [3.05, 3.63) is 88.5 Å². The van der Waals surface area contributed by atoms with Crippen LogP contribution in [-0.2, 0) is 6.42 Å². The second-order valence-corrected chi connectivity index (χ2v) is 10.2. The molecule has 0 fully saturated rings. The van der Waals surface area contributed by atoms with Crippen LogP contribution in [0.2, 0.25) is 0 Å². The fourth-order valence-electron chi connectivity index (χ4n) is 5.59. The summed E-state index contributed by atoms with van der Waals surface area (Å²) in [4.78, 5) is 0. The molecule has 212 valence electrons. The van der Waals surface area contributed by atoms with Gasteiger partial charge in [-0.15, -0.1) is 0 Å². The molecule has 41 heavy (non-hydrogen) atoms. The summed E-state index contributed by atoms with van der Waals surface area (Å²) in [5, 5.41) is 94.1. The molecule has 11 nitrogen and oxygen atoms in total. The van der Waals surface area contributed by atoms with E-state index in [0.717, 1.165) is 6.07 Å². The lowest BCUT2D eigenvalue weighted by atomic mass is 9.78. The Bertz CT molecular complexity index is 1670. The molecule has 5 unspecified atom stereocenters. The molecule has 0 aromatic heterocycles. The molecule has 0 bridgehead atoms. The number of rotatable bonds is 3. The van der Waals surface area contributed by atoms with Crippen molar-refractivity contribution in [2.24, 2.45) is 0 Å². The molecule has 11 heteroatoms. The van der Waals surface area contributed by atoms with Crippen LogP contribution in [-0.4, -0.2) is 58.2 Å². The zero-order chi connectivity index (χ0) is 29.2. The van der Waals surface area contributed by atoms with Gasteiger partial charge in [-0.2, -0.15) is 0 Å². The van der Waals surface area contributed by atoms with Gasteiger partial charge in [0.05, 0.1) is 6.10 Å². The minimum absolute atomic E-state index is 0.0743. The number of aliphatic hydroxyl groups is 2. The van der Waals surface area contributed by atoms with Gasteiger partial charge in [-0.1, -0.05) is 18.2 Å². The Morgan fingerprint density at radius 2 is 1.20 bits per heavy atom. The highest BCUT2D eigenvalue weighted by Crippen LogP contribution is 2.55. The van der Waals surface area contributed by atoms with Crippen LogP contribution >= 0.6 is 0 Å². The van der Waals surface area contributed by atoms with Gasteiger partial charge in [0.25, 0.3) is 0 Å². The van der Waals surface area contributed by atoms with Crippen molar-refractivity contribution in [3.63, 3.8) is 0 Å². The first-order chi connectivity index (χ1) is 19.5. The standard InChI is InChI=1S/C30H26O11/c31-14-3-4-15(19(34)9-14)25-26-24(41-30(28(25)39)13-2-6-18(33)21(36)8-13)11-23-16(27(26)38)10-22(37)29(40-23)12-1-5-17(32)20(35)7-12/h1-9,11,22,25,28-39H,10H2. The molecule has 4 aromatic carbocycles. The Balaban J connectivity index is 1.50. The van der Waals surface area contributed by atoms with E-state index in [1.54, 1.807) is 0 Å². The molecule has 0 aliphatic carbocycles. The van der Waals surface area contributed by atoms with Crippen LogP contribution in [0.3, 0.4) is 0 Å². The Labute approximate surface area is 232 Å². The summed E-state index contributed by atoms with van der Waals surface area (Å²) in [5.74, 6) is -3.34. The number of phenols is 7. The van der Waals surface area contributed by atoms with Crippen molar-refractivity contribution in [1.82, 2.24) is 0 Å². The molecule has 0 spiro atoms. The highest BCUT2D eigenvalue weighted by Gasteiger charge is 2.45. The predicted octanol–water partition coefficient (Wildman–Crippen LogP) is 3.29. The summed E-state index contributed by atoms with van der Waals surface area (Å²) in [5.41, 5.74) is 1.14. The number of hydrogen-bond donors (Lipinski definition) is 9. The third kappa shape index (κ3) is 4.31. The molecule has 0 saturated carbocycles. The molecule has 5 atom stereocenters. The van der Waals surface area contributed by atoms with Gasteiger partial charge < -0.3 is 55.4 Å². The number of phenolic OH excluding ortho intramolecular Hbond substituents is 7. The van der Waals surface area contributed by atoms with Crippen molar-refractivity contribution < 1.29 is 55.4 Å². The first kappa shape index (κ1) is 26.2. The highest BCUT2D eigenvalue weighted by atomic mass is 16.5. The van der Waals surface area contributed by atoms with E-state index in [4.69, 9.17) is 9.47 Å². The summed E-state index contributed by atoms with van der Waals surface area (Å²) in [7, 11) is 0. The summed E-state index contributed by atoms with van der Waals surface area (Å²) in [6.07, 6.45) is -4.81. The van der Waals surface area contributed by atoms with Crippen LogP contribution in [0, 0.1) is 0 Å². The lowest BCUT2D eigenvalue weighted by molar-refractivity contribution is 0.00308. The van der Waals surface area contributed by atoms with E-state index < -0.39 is 41.8 Å². The highest BCUT2D eigenvalue weighted by molar-refractivity contribution is 5.64. The summed E-state index contributed by atoms with van der Waals surface area (Å²) in [6, 6.07) is 13.2. The monoisotopic (exact) mass is 562 g/mol. The number of aliphatic hydroxyl groups excluding tert-OH is 2. The maximum Gasteiger partial charge on any atom is 0.157 e. The van der Waals surface area contributed by atoms with Crippen molar-refractivity contribution in [2.45, 2.75) is 36.8 Å². The molecule has 2 aliphatic heterocycles. The maximum atomic E-state index is 11.6. The Kier molecular flexibility index (Phi) is 6.13. The van der Waals surface area contributed by atoms with Crippen molar-refractivity contribution >= 4 is 0 Å². The van der Waals surface area contributed by atoms with Crippen molar-refractivity contribution in [2.75, 3.05) is 0 Å². The average Bonchev–Trinajstić information content (AvgIpc) is 2.93. The quantitative estimate of drug-likeness (QED) is 0.166. The van der Waals surface area contributed by atoms with Crippen LogP contribution in [0.25, 0.3) is 0 Å². The van der Waals surface area contributed by atoms with Crippen LogP contribution in [0.5, 0.6) is 51.7 Å². The first-order valence-electron chi connectivity index (χ1n) is 12.7. The predicted molar refractivity (Wildman–Crippen MR) is 142 cm³/mol. The van der Waals surface area contributed by atoms with E-state index in [9.17, 15) is 46.0 Å². The van der Waals surface area contributed by atoms with Crippen LogP contribution in [0.15, 0.2) is 60.7 Å². The molecule has 2 aliphatic rings. The van der Waals surface area contributed by atoms with Gasteiger partial charge in [-0.3, -0.25) is 0 Å². The third-order valence-corrected chi connectivity index (χ3v) is 7.60. The van der Waals surface area contributed by atoms with Crippen LogP contribution in [0.1, 0.15) is 45.9 Å². The van der Waals surface area contributed by atoms with E-state index >= 15 is 0 Å². The van der Waals surface area contributed by atoms with E-state index in [1.807, 2.05) is 0 Å². The van der Waals surface area contributed by atoms with Crippen LogP contribution < -0.4 is 9.47 Å².